The number of rotatable bonds is 5. The number of aromatic nitrogens is 2. The molecule has 0 atom stereocenters. The number of nitrogens with zero attached hydrogens (tertiary/aromatic N) is 2. The van der Waals surface area contributed by atoms with E-state index in [9.17, 15) is 13.7 Å². The highest BCUT2D eigenvalue weighted by Gasteiger charge is 2.18. The number of hydrogen-bond acceptors (Lipinski definition) is 1. The molecule has 2 nitrogen and oxygen atoms in total. The molecule has 0 radical (unpaired) electrons. The van der Waals surface area contributed by atoms with Crippen LogP contribution < -0.4 is 0 Å². The van der Waals surface area contributed by atoms with Crippen LogP contribution in [0.4, 0.5) is 0 Å². The predicted molar refractivity (Wildman–Crippen MR) is 244 cm³/mol. The van der Waals surface area contributed by atoms with E-state index in [1.807, 2.05) is 0 Å². The van der Waals surface area contributed by atoms with Crippen LogP contribution >= 0.6 is 11.3 Å². The van der Waals surface area contributed by atoms with Crippen molar-refractivity contribution in [2.24, 2.45) is 0 Å². The van der Waals surface area contributed by atoms with Crippen LogP contribution in [0.25, 0.3) is 109 Å². The molecule has 3 aromatic heterocycles. The first-order chi connectivity index (χ1) is 37.8. The maximum atomic E-state index is 10.0. The lowest BCUT2D eigenvalue weighted by Crippen LogP contribution is -1.94. The van der Waals surface area contributed by atoms with Gasteiger partial charge in [-0.25, -0.2) is 0 Å². The zero-order chi connectivity index (χ0) is 57.5. The standard InChI is InChI=1S/C54H34N2S/c1-3-13-35(14-4-1)36-15-11-16-39(31-36)42-21-12-24-53-54(42)47-34-41(27-30-52(47)57-53)56-49-23-10-8-20-44(49)46-32-37(26-29-50(46)56)38-25-28-45-43-19-7-9-22-48(43)55(51(45)33-38)40-17-5-2-6-18-40/h1-34H/i3D,4D,7D,8D,9D,10D,12D,13D,15D,16D,19D,20D,21D,22D,24D,25D,26D,28D,29D,30D,31D,32D,33D. The van der Waals surface area contributed by atoms with Gasteiger partial charge in [-0.15, -0.1) is 11.3 Å². The summed E-state index contributed by atoms with van der Waals surface area (Å²) in [7, 11) is 0. The topological polar surface area (TPSA) is 9.86 Å². The van der Waals surface area contributed by atoms with E-state index in [-0.39, 0.29) is 110 Å². The monoisotopic (exact) mass is 765 g/mol. The van der Waals surface area contributed by atoms with Crippen molar-refractivity contribution in [3.8, 4) is 44.8 Å². The second-order valence-electron chi connectivity index (χ2n) is 13.1. The van der Waals surface area contributed by atoms with Gasteiger partial charge in [0, 0.05) is 53.1 Å². The van der Waals surface area contributed by atoms with Crippen molar-refractivity contribution in [2.75, 3.05) is 0 Å². The smallest absolute Gasteiger partial charge is 0.0652 e. The first kappa shape index (κ1) is 16.9. The zero-order valence-electron chi connectivity index (χ0n) is 52.2. The Hall–Kier alpha value is -7.20. The van der Waals surface area contributed by atoms with E-state index >= 15 is 0 Å². The lowest BCUT2D eigenvalue weighted by molar-refractivity contribution is 1.18. The Morgan fingerprint density at radius 3 is 2.09 bits per heavy atom. The maximum Gasteiger partial charge on any atom is 0.0652 e. The number of benzene rings is 9. The van der Waals surface area contributed by atoms with Gasteiger partial charge in [-0.1, -0.05) is 133 Å². The van der Waals surface area contributed by atoms with E-state index in [4.69, 9.17) is 17.8 Å². The summed E-state index contributed by atoms with van der Waals surface area (Å²) in [6.07, 6.45) is 0. The molecule has 57 heavy (non-hydrogen) atoms. The Balaban J connectivity index is 1.20. The third-order valence-corrected chi connectivity index (χ3v) is 11.0. The van der Waals surface area contributed by atoms with Gasteiger partial charge in [-0.3, -0.25) is 0 Å². The van der Waals surface area contributed by atoms with Crippen molar-refractivity contribution < 1.29 is 31.5 Å². The van der Waals surface area contributed by atoms with Gasteiger partial charge in [-0.2, -0.15) is 0 Å². The van der Waals surface area contributed by atoms with Crippen LogP contribution in [0.15, 0.2) is 206 Å². The van der Waals surface area contributed by atoms with Gasteiger partial charge in [-0.05, 0) is 106 Å². The molecule has 0 N–H and O–H groups in total. The summed E-state index contributed by atoms with van der Waals surface area (Å²) in [4.78, 5) is 0. The molecule has 9 aromatic carbocycles. The molecule has 0 saturated carbocycles. The molecule has 0 spiro atoms. The second kappa shape index (κ2) is 12.7. The van der Waals surface area contributed by atoms with Gasteiger partial charge < -0.3 is 9.13 Å². The third kappa shape index (κ3) is 5.03. The van der Waals surface area contributed by atoms with Crippen LogP contribution in [0.2, 0.25) is 0 Å². The molecule has 0 aliphatic rings. The van der Waals surface area contributed by atoms with Gasteiger partial charge in [0.25, 0.3) is 0 Å². The first-order valence-electron chi connectivity index (χ1n) is 29.1. The van der Waals surface area contributed by atoms with Crippen LogP contribution in [0, 0.1) is 0 Å². The van der Waals surface area contributed by atoms with Crippen LogP contribution in [-0.2, 0) is 0 Å². The molecule has 266 valence electrons. The highest BCUT2D eigenvalue weighted by Crippen LogP contribution is 2.43. The maximum absolute atomic E-state index is 10.0. The lowest BCUT2D eigenvalue weighted by Gasteiger charge is -2.11. The number of fused-ring (bicyclic) bond motifs is 9. The van der Waals surface area contributed by atoms with E-state index in [0.29, 0.717) is 5.69 Å². The summed E-state index contributed by atoms with van der Waals surface area (Å²) >= 11 is 0.904. The molecule has 0 unspecified atom stereocenters. The summed E-state index contributed by atoms with van der Waals surface area (Å²) in [6.45, 7) is 0. The number of thiophene rings is 1. The molecular weight excluding hydrogens is 709 g/mol. The summed E-state index contributed by atoms with van der Waals surface area (Å²) in [5, 5.41) is -0.616. The summed E-state index contributed by atoms with van der Waals surface area (Å²) in [5.74, 6) is 0. The van der Waals surface area contributed by atoms with Gasteiger partial charge in [0.2, 0.25) is 0 Å². The van der Waals surface area contributed by atoms with E-state index < -0.39 is 132 Å². The fourth-order valence-corrected chi connectivity index (χ4v) is 8.44. The van der Waals surface area contributed by atoms with Gasteiger partial charge in [0.05, 0.1) is 53.6 Å². The van der Waals surface area contributed by atoms with Crippen molar-refractivity contribution in [2.45, 2.75) is 0 Å². The van der Waals surface area contributed by atoms with E-state index in [2.05, 4.69) is 0 Å². The normalized spacial score (nSPS) is 17.5. The van der Waals surface area contributed by atoms with Gasteiger partial charge >= 0.3 is 0 Å². The number of hydrogen-bond donors (Lipinski definition) is 0. The second-order valence-corrected chi connectivity index (χ2v) is 14.1. The molecule has 0 amide bonds. The van der Waals surface area contributed by atoms with Crippen LogP contribution in [-0.4, -0.2) is 9.13 Å². The minimum atomic E-state index is -0.748. The molecule has 0 saturated heterocycles. The fourth-order valence-electron chi connectivity index (χ4n) is 7.43. The Morgan fingerprint density at radius 2 is 1.14 bits per heavy atom. The third-order valence-electron chi connectivity index (χ3n) is 9.91. The van der Waals surface area contributed by atoms with E-state index in [1.165, 1.54) is 33.4 Å². The highest BCUT2D eigenvalue weighted by molar-refractivity contribution is 7.26. The van der Waals surface area contributed by atoms with Crippen molar-refractivity contribution >= 4 is 75.1 Å². The molecule has 12 aromatic rings. The van der Waals surface area contributed by atoms with Gasteiger partial charge in [0.15, 0.2) is 0 Å². The summed E-state index contributed by atoms with van der Waals surface area (Å²) in [5.41, 5.74) is -2.17. The zero-order valence-corrected chi connectivity index (χ0v) is 30.0. The quantitative estimate of drug-likeness (QED) is 0.165. The minimum Gasteiger partial charge on any atom is -0.309 e. The SMILES string of the molecule is [2H]c1cc([2H])c([2H])c(-c2c([2H])cc([2H])c(-c3c([2H])c([2H])c([2H])c4sc5c([2H])cc(-n6c7cc([2H])c([2H])c([2H])c7c7c([2H])c(-c8c([2H])c([2H])c9c%10c([2H])c([2H])c([2H])c([2H])c%10n(-c%10ccccc%10)c9c8[2H])c([2H])c([2H])c76)cc5c34)c2[2H])c1. The molecule has 0 aliphatic heterocycles. The van der Waals surface area contributed by atoms with Gasteiger partial charge in [0.1, 0.15) is 0 Å². The largest absolute Gasteiger partial charge is 0.309 e. The van der Waals surface area contributed by atoms with Crippen LogP contribution in [0.1, 0.15) is 31.5 Å². The molecular formula is C54H34N2S. The number of para-hydroxylation sites is 3. The van der Waals surface area contributed by atoms with Crippen LogP contribution in [0.3, 0.4) is 0 Å². The van der Waals surface area contributed by atoms with Crippen molar-refractivity contribution in [3.05, 3.63) is 206 Å². The molecule has 0 aliphatic carbocycles. The average Bonchev–Trinajstić information content (AvgIpc) is 2.23. The molecule has 0 fully saturated rings. The Bertz CT molecular complexity index is 4870. The Morgan fingerprint density at radius 1 is 0.368 bits per heavy atom. The van der Waals surface area contributed by atoms with E-state index in [1.54, 1.807) is 30.3 Å². The highest BCUT2D eigenvalue weighted by atomic mass is 32.1. The van der Waals surface area contributed by atoms with Crippen molar-refractivity contribution in [3.63, 3.8) is 0 Å². The van der Waals surface area contributed by atoms with Crippen molar-refractivity contribution in [1.29, 1.82) is 0 Å². The molecule has 0 bridgehead atoms. The van der Waals surface area contributed by atoms with Crippen LogP contribution in [0.5, 0.6) is 0 Å². The fraction of sp³-hybridized carbons (Fsp3) is 0. The summed E-state index contributed by atoms with van der Waals surface area (Å²) < 4.78 is 213. The predicted octanol–water partition coefficient (Wildman–Crippen LogP) is 15.2. The molecule has 12 rings (SSSR count). The first-order valence-corrected chi connectivity index (χ1v) is 18.4. The molecule has 3 heterocycles. The lowest BCUT2D eigenvalue weighted by atomic mass is 9.96. The van der Waals surface area contributed by atoms with Crippen molar-refractivity contribution in [1.82, 2.24) is 9.13 Å². The van der Waals surface area contributed by atoms with E-state index in [0.717, 1.165) is 23.5 Å². The average molecular weight is 766 g/mol. The Kier molecular flexibility index (Phi) is 3.75. The molecule has 3 heteroatoms. The Labute approximate surface area is 366 Å². The summed E-state index contributed by atoms with van der Waals surface area (Å²) in [6, 6.07) is 3.53. The minimum absolute atomic E-state index is 0.00394.